The molecule has 0 bridgehead atoms. The van der Waals surface area contributed by atoms with Gasteiger partial charge in [0.05, 0.1) is 5.56 Å². The molecule has 0 aliphatic carbocycles. The first kappa shape index (κ1) is 13.6. The summed E-state index contributed by atoms with van der Waals surface area (Å²) in [4.78, 5) is 0. The lowest BCUT2D eigenvalue weighted by Gasteiger charge is -2.14. The van der Waals surface area contributed by atoms with E-state index in [-0.39, 0.29) is 5.56 Å². The van der Waals surface area contributed by atoms with Crippen LogP contribution in [0.15, 0.2) is 29.7 Å². The number of rotatable bonds is 2. The first-order chi connectivity index (χ1) is 7.59. The highest BCUT2D eigenvalue weighted by atomic mass is 32.2. The molecular weight excluding hydrogens is 257 g/mol. The van der Waals surface area contributed by atoms with Gasteiger partial charge in [-0.05, 0) is 17.7 Å². The Morgan fingerprint density at radius 1 is 1.35 bits per heavy atom. The Morgan fingerprint density at radius 2 is 1.94 bits per heavy atom. The van der Waals surface area contributed by atoms with E-state index in [9.17, 15) is 26.7 Å². The van der Waals surface area contributed by atoms with Gasteiger partial charge in [0.1, 0.15) is 0 Å². The fourth-order valence-corrected chi connectivity index (χ4v) is 1.64. The normalized spacial score (nSPS) is 13.8. The number of benzene rings is 1. The molecule has 0 unspecified atom stereocenters. The maximum Gasteiger partial charge on any atom is 0.416 e. The zero-order valence-electron chi connectivity index (χ0n) is 8.65. The topological polar surface area (TPSA) is 57.2 Å². The van der Waals surface area contributed by atoms with E-state index in [4.69, 9.17) is 0 Å². The van der Waals surface area contributed by atoms with Crippen molar-refractivity contribution in [1.29, 1.82) is 0 Å². The summed E-state index contributed by atoms with van der Waals surface area (Å²) in [5.41, 5.74) is -1.31. The fourth-order valence-electron chi connectivity index (χ4n) is 1.11. The van der Waals surface area contributed by atoms with Crippen molar-refractivity contribution >= 4 is 15.6 Å². The van der Waals surface area contributed by atoms with Gasteiger partial charge in [0.25, 0.3) is 0 Å². The highest BCUT2D eigenvalue weighted by Gasteiger charge is 2.30. The molecule has 0 atom stereocenters. The Bertz CT molecular complexity index is 544. The smallest absolute Gasteiger partial charge is 0.416 e. The van der Waals surface area contributed by atoms with E-state index in [0.717, 1.165) is 24.5 Å². The molecule has 0 fully saturated rings. The van der Waals surface area contributed by atoms with E-state index >= 15 is 0 Å². The van der Waals surface area contributed by atoms with Crippen molar-refractivity contribution in [3.8, 4) is 0 Å². The van der Waals surface area contributed by atoms with Gasteiger partial charge in [0.2, 0.25) is 0 Å². The maximum absolute atomic E-state index is 12.3. The van der Waals surface area contributed by atoms with Crippen LogP contribution in [0.25, 0.3) is 5.76 Å². The second-order valence-corrected chi connectivity index (χ2v) is 5.28. The molecule has 94 valence electrons. The number of alkyl halides is 3. The van der Waals surface area contributed by atoms with E-state index in [1.807, 2.05) is 0 Å². The van der Waals surface area contributed by atoms with Crippen molar-refractivity contribution in [2.75, 3.05) is 6.26 Å². The van der Waals surface area contributed by atoms with E-state index in [1.165, 1.54) is 0 Å². The van der Waals surface area contributed by atoms with Gasteiger partial charge in [-0.1, -0.05) is 17.9 Å². The number of sulfone groups is 1. The lowest BCUT2D eigenvalue weighted by atomic mass is 10.1. The molecule has 0 amide bonds. The van der Waals surface area contributed by atoms with Crippen LogP contribution in [0.5, 0.6) is 0 Å². The summed E-state index contributed by atoms with van der Waals surface area (Å²) < 4.78 is 58.6. The van der Waals surface area contributed by atoms with Gasteiger partial charge in [-0.15, -0.1) is 0 Å². The van der Waals surface area contributed by atoms with Gasteiger partial charge in [0.15, 0.2) is 9.84 Å². The Morgan fingerprint density at radius 3 is 2.41 bits per heavy atom. The molecule has 0 saturated carbocycles. The van der Waals surface area contributed by atoms with Crippen molar-refractivity contribution in [1.82, 2.24) is 0 Å². The minimum Gasteiger partial charge on any atom is -0.872 e. The highest BCUT2D eigenvalue weighted by Crippen LogP contribution is 2.30. The summed E-state index contributed by atoms with van der Waals surface area (Å²) in [5, 5.41) is 11.7. The molecule has 1 aromatic carbocycles. The van der Waals surface area contributed by atoms with Crippen LogP contribution < -0.4 is 5.11 Å². The SMILES string of the molecule is CS(=O)(=O)/C=C(\[O-])c1cccc(C(F)(F)F)c1. The molecule has 0 N–H and O–H groups in total. The monoisotopic (exact) mass is 265 g/mol. The van der Waals surface area contributed by atoms with Crippen LogP contribution in [0.1, 0.15) is 11.1 Å². The second-order valence-electron chi connectivity index (χ2n) is 3.39. The molecule has 3 nitrogen and oxygen atoms in total. The van der Waals surface area contributed by atoms with Gasteiger partial charge in [-0.2, -0.15) is 13.2 Å². The average Bonchev–Trinajstić information content (AvgIpc) is 2.14. The van der Waals surface area contributed by atoms with Crippen molar-refractivity contribution < 1.29 is 26.7 Å². The minimum atomic E-state index is -4.57. The Balaban J connectivity index is 3.22. The molecule has 7 heteroatoms. The summed E-state index contributed by atoms with van der Waals surface area (Å²) in [6.45, 7) is 0. The largest absolute Gasteiger partial charge is 0.872 e. The predicted octanol–water partition coefficient (Wildman–Crippen LogP) is 1.41. The fraction of sp³-hybridized carbons (Fsp3) is 0.200. The van der Waals surface area contributed by atoms with Crippen LogP contribution in [0.3, 0.4) is 0 Å². The standard InChI is InChI=1S/C10H9F3O3S/c1-17(15,16)6-9(14)7-3-2-4-8(5-7)10(11,12)13/h2-6,14H,1H3/p-1/b9-6-. The van der Waals surface area contributed by atoms with E-state index in [1.54, 1.807) is 0 Å². The predicted molar refractivity (Wildman–Crippen MR) is 54.3 cm³/mol. The number of halogens is 3. The zero-order chi connectivity index (χ0) is 13.3. The molecule has 0 saturated heterocycles. The van der Waals surface area contributed by atoms with Crippen LogP contribution in [0.4, 0.5) is 13.2 Å². The van der Waals surface area contributed by atoms with Gasteiger partial charge in [-0.3, -0.25) is 0 Å². The van der Waals surface area contributed by atoms with Crippen LogP contribution in [-0.4, -0.2) is 14.7 Å². The minimum absolute atomic E-state index is 0.315. The third-order valence-corrected chi connectivity index (χ3v) is 2.44. The van der Waals surface area contributed by atoms with E-state index in [2.05, 4.69) is 0 Å². The first-order valence-corrected chi connectivity index (χ1v) is 6.31. The van der Waals surface area contributed by atoms with Gasteiger partial charge in [-0.25, -0.2) is 8.42 Å². The number of hydrogen-bond acceptors (Lipinski definition) is 3. The summed E-state index contributed by atoms with van der Waals surface area (Å²) in [6, 6.07) is 3.59. The second kappa shape index (κ2) is 4.40. The molecule has 0 heterocycles. The van der Waals surface area contributed by atoms with Gasteiger partial charge < -0.3 is 5.11 Å². The number of hydrogen-bond donors (Lipinski definition) is 0. The molecule has 0 aliphatic rings. The maximum atomic E-state index is 12.3. The molecule has 1 aromatic rings. The molecule has 0 spiro atoms. The van der Waals surface area contributed by atoms with Crippen molar-refractivity contribution in [2.24, 2.45) is 0 Å². The Labute approximate surface area is 96.1 Å². The molecule has 0 radical (unpaired) electrons. The van der Waals surface area contributed by atoms with E-state index < -0.39 is 27.3 Å². The summed E-state index contributed by atoms with van der Waals surface area (Å²) in [7, 11) is -3.68. The summed E-state index contributed by atoms with van der Waals surface area (Å²) in [6.07, 6.45) is -3.78. The average molecular weight is 265 g/mol. The van der Waals surface area contributed by atoms with E-state index in [0.29, 0.717) is 11.5 Å². The third kappa shape index (κ3) is 4.10. The molecule has 17 heavy (non-hydrogen) atoms. The van der Waals surface area contributed by atoms with Gasteiger partial charge in [0, 0.05) is 11.7 Å². The van der Waals surface area contributed by atoms with Crippen LogP contribution in [0.2, 0.25) is 0 Å². The first-order valence-electron chi connectivity index (χ1n) is 4.36. The summed E-state index contributed by atoms with van der Waals surface area (Å²) >= 11 is 0. The lowest BCUT2D eigenvalue weighted by Crippen LogP contribution is -2.09. The molecule has 1 rings (SSSR count). The van der Waals surface area contributed by atoms with Crippen molar-refractivity contribution in [3.63, 3.8) is 0 Å². The van der Waals surface area contributed by atoms with Crippen LogP contribution in [0, 0.1) is 0 Å². The zero-order valence-corrected chi connectivity index (χ0v) is 9.47. The lowest BCUT2D eigenvalue weighted by molar-refractivity contribution is -0.243. The highest BCUT2D eigenvalue weighted by molar-refractivity contribution is 7.93. The Kier molecular flexibility index (Phi) is 3.51. The van der Waals surface area contributed by atoms with Gasteiger partial charge >= 0.3 is 6.18 Å². The van der Waals surface area contributed by atoms with Crippen LogP contribution >= 0.6 is 0 Å². The van der Waals surface area contributed by atoms with Crippen molar-refractivity contribution in [2.45, 2.75) is 6.18 Å². The van der Waals surface area contributed by atoms with Crippen LogP contribution in [-0.2, 0) is 16.0 Å². The summed E-state index contributed by atoms with van der Waals surface area (Å²) in [5.74, 6) is -0.974. The Hall–Kier alpha value is -1.50. The van der Waals surface area contributed by atoms with Crippen molar-refractivity contribution in [3.05, 3.63) is 40.8 Å². The molecule has 0 aliphatic heterocycles. The molecular formula is C10H8F3O3S-. The third-order valence-electron chi connectivity index (χ3n) is 1.80. The quantitative estimate of drug-likeness (QED) is 0.760. The molecule has 0 aromatic heterocycles.